The van der Waals surface area contributed by atoms with E-state index in [-0.39, 0.29) is 24.9 Å². The van der Waals surface area contributed by atoms with E-state index in [1.807, 2.05) is 0 Å². The summed E-state index contributed by atoms with van der Waals surface area (Å²) < 4.78 is 15.6. The van der Waals surface area contributed by atoms with Gasteiger partial charge in [-0.1, -0.05) is 11.8 Å². The molecule has 1 aliphatic heterocycles. The lowest BCUT2D eigenvalue weighted by Gasteiger charge is -2.16. The standard InChI is InChI=1S/C22H23NO6S/c1-27-21(25)11-20-23(19(24)13-30-20)6-3-7-28-22(26)10-16-12-29-18-9-15-5-2-4-14(15)8-17(16)18/h8-9,11-12H,2-7,10,13H2,1H3/b20-11+. The second-order valence-corrected chi connectivity index (χ2v) is 8.32. The Balaban J connectivity index is 1.28. The van der Waals surface area contributed by atoms with Crippen LogP contribution in [0.25, 0.3) is 11.0 Å². The largest absolute Gasteiger partial charge is 0.466 e. The van der Waals surface area contributed by atoms with E-state index >= 15 is 0 Å². The molecule has 1 fully saturated rings. The Morgan fingerprint density at radius 1 is 1.27 bits per heavy atom. The second-order valence-electron chi connectivity index (χ2n) is 7.32. The first kappa shape index (κ1) is 20.5. The number of fused-ring (bicyclic) bond motifs is 2. The molecule has 1 saturated heterocycles. The van der Waals surface area contributed by atoms with E-state index < -0.39 is 5.97 Å². The first-order chi connectivity index (χ1) is 14.5. The van der Waals surface area contributed by atoms with Crippen molar-refractivity contribution in [3.63, 3.8) is 0 Å². The molecular weight excluding hydrogens is 406 g/mol. The number of nitrogens with zero attached hydrogens (tertiary/aromatic N) is 1. The van der Waals surface area contributed by atoms with Crippen molar-refractivity contribution in [2.75, 3.05) is 26.0 Å². The predicted molar refractivity (Wildman–Crippen MR) is 112 cm³/mol. The monoisotopic (exact) mass is 429 g/mol. The number of aryl methyl sites for hydroxylation is 2. The number of hydrogen-bond acceptors (Lipinski definition) is 7. The van der Waals surface area contributed by atoms with Gasteiger partial charge in [0, 0.05) is 17.5 Å². The van der Waals surface area contributed by atoms with Gasteiger partial charge in [-0.15, -0.1) is 0 Å². The molecule has 30 heavy (non-hydrogen) atoms. The maximum atomic E-state index is 12.3. The van der Waals surface area contributed by atoms with Gasteiger partial charge in [0.2, 0.25) is 5.91 Å². The molecule has 8 heteroatoms. The highest BCUT2D eigenvalue weighted by Crippen LogP contribution is 2.31. The van der Waals surface area contributed by atoms with Crippen LogP contribution in [-0.4, -0.2) is 48.8 Å². The molecule has 158 valence electrons. The molecule has 1 aliphatic carbocycles. The van der Waals surface area contributed by atoms with Crippen LogP contribution < -0.4 is 0 Å². The predicted octanol–water partition coefficient (Wildman–Crippen LogP) is 2.99. The summed E-state index contributed by atoms with van der Waals surface area (Å²) in [5, 5.41) is 1.54. The van der Waals surface area contributed by atoms with E-state index in [4.69, 9.17) is 9.15 Å². The average Bonchev–Trinajstić information content (AvgIpc) is 3.44. The van der Waals surface area contributed by atoms with Gasteiger partial charge in [-0.2, -0.15) is 0 Å². The summed E-state index contributed by atoms with van der Waals surface area (Å²) in [5.74, 6) is -0.606. The highest BCUT2D eigenvalue weighted by atomic mass is 32.2. The minimum absolute atomic E-state index is 0.0705. The lowest BCUT2D eigenvalue weighted by atomic mass is 10.0. The first-order valence-electron chi connectivity index (χ1n) is 9.95. The number of thioether (sulfide) groups is 1. The summed E-state index contributed by atoms with van der Waals surface area (Å²) in [5.41, 5.74) is 4.32. The lowest BCUT2D eigenvalue weighted by molar-refractivity contribution is -0.143. The van der Waals surface area contributed by atoms with Crippen LogP contribution in [-0.2, 0) is 43.1 Å². The van der Waals surface area contributed by atoms with Crippen LogP contribution >= 0.6 is 11.8 Å². The SMILES string of the molecule is COC(=O)/C=C1/SCC(=O)N1CCCOC(=O)Cc1coc2cc3c(cc12)CCC3. The number of rotatable bonds is 7. The summed E-state index contributed by atoms with van der Waals surface area (Å²) in [4.78, 5) is 37.2. The van der Waals surface area contributed by atoms with Crippen molar-refractivity contribution in [3.05, 3.63) is 46.2 Å². The molecule has 2 aliphatic rings. The maximum absolute atomic E-state index is 12.3. The van der Waals surface area contributed by atoms with Crippen molar-refractivity contribution >= 4 is 40.6 Å². The zero-order valence-electron chi connectivity index (χ0n) is 16.8. The molecule has 0 unspecified atom stereocenters. The Kier molecular flexibility index (Phi) is 6.13. The first-order valence-corrected chi connectivity index (χ1v) is 10.9. The summed E-state index contributed by atoms with van der Waals surface area (Å²) in [6, 6.07) is 4.21. The number of esters is 2. The Bertz CT molecular complexity index is 1020. The summed E-state index contributed by atoms with van der Waals surface area (Å²) >= 11 is 1.30. The second kappa shape index (κ2) is 8.95. The quantitative estimate of drug-likeness (QED) is 0.380. The number of ether oxygens (including phenoxy) is 2. The third kappa shape index (κ3) is 4.38. The van der Waals surface area contributed by atoms with Crippen molar-refractivity contribution < 1.29 is 28.3 Å². The van der Waals surface area contributed by atoms with Gasteiger partial charge in [0.25, 0.3) is 0 Å². The fraction of sp³-hybridized carbons (Fsp3) is 0.409. The van der Waals surface area contributed by atoms with Crippen molar-refractivity contribution in [1.29, 1.82) is 0 Å². The summed E-state index contributed by atoms with van der Waals surface area (Å²) in [6.07, 6.45) is 6.88. The molecule has 1 amide bonds. The molecule has 7 nitrogen and oxygen atoms in total. The topological polar surface area (TPSA) is 86.0 Å². The molecule has 1 aromatic carbocycles. The van der Waals surface area contributed by atoms with Crippen molar-refractivity contribution in [2.45, 2.75) is 32.1 Å². The van der Waals surface area contributed by atoms with E-state index in [0.717, 1.165) is 35.8 Å². The number of carbonyl (C=O) groups excluding carboxylic acids is 3. The zero-order valence-corrected chi connectivity index (χ0v) is 17.6. The van der Waals surface area contributed by atoms with Crippen LogP contribution in [0.3, 0.4) is 0 Å². The molecule has 0 radical (unpaired) electrons. The van der Waals surface area contributed by atoms with Gasteiger partial charge in [0.1, 0.15) is 5.58 Å². The number of benzene rings is 1. The van der Waals surface area contributed by atoms with Crippen molar-refractivity contribution in [3.8, 4) is 0 Å². The fourth-order valence-corrected chi connectivity index (χ4v) is 4.78. The minimum atomic E-state index is -0.499. The molecule has 2 aromatic rings. The number of hydrogen-bond donors (Lipinski definition) is 0. The van der Waals surface area contributed by atoms with Crippen LogP contribution in [0.1, 0.15) is 29.5 Å². The Labute approximate surface area is 178 Å². The van der Waals surface area contributed by atoms with Crippen molar-refractivity contribution in [1.82, 2.24) is 4.90 Å². The summed E-state index contributed by atoms with van der Waals surface area (Å²) in [6.45, 7) is 0.576. The van der Waals surface area contributed by atoms with Crippen LogP contribution in [0.4, 0.5) is 0 Å². The van der Waals surface area contributed by atoms with Gasteiger partial charge >= 0.3 is 11.9 Å². The normalized spacial score (nSPS) is 17.0. The van der Waals surface area contributed by atoms with Gasteiger partial charge in [-0.05, 0) is 48.9 Å². The highest BCUT2D eigenvalue weighted by molar-refractivity contribution is 8.04. The Hall–Kier alpha value is -2.74. The van der Waals surface area contributed by atoms with E-state index in [1.165, 1.54) is 41.0 Å². The minimum Gasteiger partial charge on any atom is -0.466 e. The number of furan rings is 1. The van der Waals surface area contributed by atoms with Crippen LogP contribution in [0.2, 0.25) is 0 Å². The van der Waals surface area contributed by atoms with Gasteiger partial charge < -0.3 is 18.8 Å². The maximum Gasteiger partial charge on any atom is 0.333 e. The molecule has 0 atom stereocenters. The van der Waals surface area contributed by atoms with Gasteiger partial charge in [0.15, 0.2) is 0 Å². The number of amides is 1. The van der Waals surface area contributed by atoms with E-state index in [9.17, 15) is 14.4 Å². The molecule has 0 saturated carbocycles. The van der Waals surface area contributed by atoms with Gasteiger partial charge in [-0.25, -0.2) is 4.79 Å². The van der Waals surface area contributed by atoms with E-state index in [1.54, 1.807) is 6.26 Å². The molecule has 0 spiro atoms. The van der Waals surface area contributed by atoms with Crippen LogP contribution in [0, 0.1) is 0 Å². The zero-order chi connectivity index (χ0) is 21.1. The molecule has 0 bridgehead atoms. The molecule has 4 rings (SSSR count). The average molecular weight is 429 g/mol. The summed E-state index contributed by atoms with van der Waals surface area (Å²) in [7, 11) is 1.29. The van der Waals surface area contributed by atoms with Crippen molar-refractivity contribution in [2.24, 2.45) is 0 Å². The number of methoxy groups -OCH3 is 1. The third-order valence-electron chi connectivity index (χ3n) is 5.35. The van der Waals surface area contributed by atoms with E-state index in [0.29, 0.717) is 23.7 Å². The smallest absolute Gasteiger partial charge is 0.333 e. The van der Waals surface area contributed by atoms with Crippen LogP contribution in [0.15, 0.2) is 33.9 Å². The van der Waals surface area contributed by atoms with Gasteiger partial charge in [-0.3, -0.25) is 9.59 Å². The third-order valence-corrected chi connectivity index (χ3v) is 6.37. The lowest BCUT2D eigenvalue weighted by Crippen LogP contribution is -2.27. The van der Waals surface area contributed by atoms with Crippen LogP contribution in [0.5, 0.6) is 0 Å². The molecule has 1 aromatic heterocycles. The van der Waals surface area contributed by atoms with E-state index in [2.05, 4.69) is 16.9 Å². The molecular formula is C22H23NO6S. The number of carbonyl (C=O) groups is 3. The highest BCUT2D eigenvalue weighted by Gasteiger charge is 2.27. The fourth-order valence-electron chi connectivity index (χ4n) is 3.83. The Morgan fingerprint density at radius 3 is 2.87 bits per heavy atom. The molecule has 2 heterocycles. The molecule has 0 N–H and O–H groups in total. The Morgan fingerprint density at radius 2 is 2.07 bits per heavy atom. The van der Waals surface area contributed by atoms with Gasteiger partial charge in [0.05, 0.1) is 43.3 Å².